The van der Waals surface area contributed by atoms with Gasteiger partial charge in [0.2, 0.25) is 0 Å². The van der Waals surface area contributed by atoms with Gasteiger partial charge in [-0.3, -0.25) is 9.11 Å². The van der Waals surface area contributed by atoms with Crippen molar-refractivity contribution in [2.24, 2.45) is 0 Å². The standard InChI is InChI=1S/2K.H2O7S2.2H/c;;1-8(2,3)7-9(4,5)6;;/h;;(H,1,2,3)(H,4,5,6);;/q2*+1;;2*-1. The Morgan fingerprint density at radius 3 is 1.09 bits per heavy atom. The molecule has 0 amide bonds. The Balaban J connectivity index is -0.0000000533. The molecular formula is H4K2O7S2. The first-order chi connectivity index (χ1) is 3.71. The third-order valence-electron chi connectivity index (χ3n) is 0.172. The van der Waals surface area contributed by atoms with Gasteiger partial charge in [-0.25, -0.2) is 0 Å². The van der Waals surface area contributed by atoms with Gasteiger partial charge in [0.15, 0.2) is 0 Å². The number of hydrogen-bond donors (Lipinski definition) is 2. The van der Waals surface area contributed by atoms with Crippen molar-refractivity contribution in [2.75, 3.05) is 0 Å². The fourth-order valence-electron chi connectivity index (χ4n) is 0.109. The van der Waals surface area contributed by atoms with Crippen molar-refractivity contribution in [3.63, 3.8) is 0 Å². The third kappa shape index (κ3) is 19.5. The molecule has 11 heteroatoms. The van der Waals surface area contributed by atoms with Crippen molar-refractivity contribution in [3.05, 3.63) is 0 Å². The minimum absolute atomic E-state index is 0. The van der Waals surface area contributed by atoms with E-state index in [0.717, 1.165) is 0 Å². The number of hydrogen-bond acceptors (Lipinski definition) is 5. The fraction of sp³-hybridized carbons (Fsp3) is 0. The molecule has 60 valence electrons. The molecule has 7 nitrogen and oxygen atoms in total. The summed E-state index contributed by atoms with van der Waals surface area (Å²) in [6, 6.07) is 0. The molecule has 0 unspecified atom stereocenters. The molecule has 11 heavy (non-hydrogen) atoms. The molecule has 0 aromatic heterocycles. The maximum atomic E-state index is 9.44. The summed E-state index contributed by atoms with van der Waals surface area (Å²) in [5.74, 6) is 0. The van der Waals surface area contributed by atoms with Crippen molar-refractivity contribution >= 4 is 20.8 Å². The molecule has 0 saturated carbocycles. The largest absolute Gasteiger partial charge is 1.00 e. The summed E-state index contributed by atoms with van der Waals surface area (Å²) < 4.78 is 55.6. The van der Waals surface area contributed by atoms with E-state index in [-0.39, 0.29) is 106 Å². The molecule has 0 aliphatic heterocycles. The summed E-state index contributed by atoms with van der Waals surface area (Å²) in [5, 5.41) is 0. The summed E-state index contributed by atoms with van der Waals surface area (Å²) in [7, 11) is -10.2. The average molecular weight is 258 g/mol. The Morgan fingerprint density at radius 2 is 1.09 bits per heavy atom. The van der Waals surface area contributed by atoms with Crippen molar-refractivity contribution in [2.45, 2.75) is 0 Å². The molecule has 0 aliphatic rings. The van der Waals surface area contributed by atoms with Gasteiger partial charge in [0.25, 0.3) is 0 Å². The Bertz CT molecular complexity index is 248. The summed E-state index contributed by atoms with van der Waals surface area (Å²) in [5.41, 5.74) is 0. The Hall–Kier alpha value is 3.05. The first-order valence-electron chi connectivity index (χ1n) is 1.37. The summed E-state index contributed by atoms with van der Waals surface area (Å²) >= 11 is 0. The van der Waals surface area contributed by atoms with E-state index in [1.165, 1.54) is 0 Å². The van der Waals surface area contributed by atoms with E-state index in [9.17, 15) is 16.8 Å². The SMILES string of the molecule is O=S(=O)(O)OS(=O)(=O)O.[H-].[H-].[K+].[K+]. The molecule has 2 N–H and O–H groups in total. The molecule has 0 saturated heterocycles. The molecule has 0 atom stereocenters. The van der Waals surface area contributed by atoms with E-state index in [2.05, 4.69) is 3.63 Å². The molecule has 0 heterocycles. The second kappa shape index (κ2) is 7.36. The zero-order valence-corrected chi connectivity index (χ0v) is 13.6. The molecule has 0 aromatic carbocycles. The molecule has 0 aromatic rings. The van der Waals surface area contributed by atoms with Gasteiger partial charge in [0, 0.05) is 0 Å². The van der Waals surface area contributed by atoms with Crippen LogP contribution in [0.2, 0.25) is 0 Å². The first-order valence-corrected chi connectivity index (χ1v) is 4.10. The van der Waals surface area contributed by atoms with Gasteiger partial charge in [0.05, 0.1) is 0 Å². The van der Waals surface area contributed by atoms with E-state index in [1.807, 2.05) is 0 Å². The van der Waals surface area contributed by atoms with E-state index >= 15 is 0 Å². The van der Waals surface area contributed by atoms with Crippen molar-refractivity contribution < 1.29 is 135 Å². The maximum absolute atomic E-state index is 9.44. The predicted octanol–water partition coefficient (Wildman–Crippen LogP) is -7.16. The van der Waals surface area contributed by atoms with Crippen LogP contribution < -0.4 is 103 Å². The van der Waals surface area contributed by atoms with Crippen molar-refractivity contribution in [1.29, 1.82) is 0 Å². The predicted molar refractivity (Wildman–Crippen MR) is 26.4 cm³/mol. The molecule has 0 bridgehead atoms. The van der Waals surface area contributed by atoms with E-state index in [1.54, 1.807) is 0 Å². The van der Waals surface area contributed by atoms with Gasteiger partial charge >= 0.3 is 124 Å². The van der Waals surface area contributed by atoms with Crippen molar-refractivity contribution in [1.82, 2.24) is 0 Å². The monoisotopic (exact) mass is 258 g/mol. The molecule has 0 fully saturated rings. The van der Waals surface area contributed by atoms with Crippen LogP contribution in [0.4, 0.5) is 0 Å². The quantitative estimate of drug-likeness (QED) is 0.373. The van der Waals surface area contributed by atoms with Crippen LogP contribution in [0.3, 0.4) is 0 Å². The van der Waals surface area contributed by atoms with Crippen LogP contribution in [0.15, 0.2) is 0 Å². The van der Waals surface area contributed by atoms with Crippen LogP contribution in [0.25, 0.3) is 0 Å². The summed E-state index contributed by atoms with van der Waals surface area (Å²) in [6.45, 7) is 0. The zero-order valence-electron chi connectivity index (χ0n) is 7.75. The van der Waals surface area contributed by atoms with Crippen LogP contribution in [-0.4, -0.2) is 25.9 Å². The number of rotatable bonds is 2. The summed E-state index contributed by atoms with van der Waals surface area (Å²) in [6.07, 6.45) is 0. The van der Waals surface area contributed by atoms with E-state index in [4.69, 9.17) is 9.11 Å². The van der Waals surface area contributed by atoms with Crippen LogP contribution in [0.1, 0.15) is 2.85 Å². The van der Waals surface area contributed by atoms with E-state index < -0.39 is 20.8 Å². The zero-order chi connectivity index (χ0) is 7.71. The second-order valence-corrected chi connectivity index (χ2v) is 3.18. The molecule has 0 spiro atoms. The normalized spacial score (nSPS) is 11.1. The Kier molecular flexibility index (Phi) is 13.1. The minimum atomic E-state index is -5.12. The van der Waals surface area contributed by atoms with Gasteiger partial charge in [0.1, 0.15) is 0 Å². The topological polar surface area (TPSA) is 118 Å². The van der Waals surface area contributed by atoms with Gasteiger partial charge in [-0.2, -0.15) is 16.8 Å². The Labute approximate surface area is 152 Å². The van der Waals surface area contributed by atoms with Crippen LogP contribution in [0, 0.1) is 0 Å². The summed E-state index contributed by atoms with van der Waals surface area (Å²) in [4.78, 5) is 0. The van der Waals surface area contributed by atoms with Crippen LogP contribution >= 0.6 is 0 Å². The first kappa shape index (κ1) is 19.6. The minimum Gasteiger partial charge on any atom is -1.00 e. The van der Waals surface area contributed by atoms with Crippen LogP contribution in [-0.2, 0) is 24.4 Å². The molecule has 0 rings (SSSR count). The third-order valence-corrected chi connectivity index (χ3v) is 1.55. The molecule has 0 radical (unpaired) electrons. The molecular weight excluding hydrogens is 254 g/mol. The van der Waals surface area contributed by atoms with Crippen molar-refractivity contribution in [3.8, 4) is 0 Å². The van der Waals surface area contributed by atoms with Gasteiger partial charge < -0.3 is 2.85 Å². The van der Waals surface area contributed by atoms with E-state index in [0.29, 0.717) is 0 Å². The molecule has 0 aliphatic carbocycles. The van der Waals surface area contributed by atoms with Gasteiger partial charge in [-0.15, -0.1) is 3.63 Å². The Morgan fingerprint density at radius 1 is 0.909 bits per heavy atom. The maximum Gasteiger partial charge on any atom is 1.00 e. The van der Waals surface area contributed by atoms with Gasteiger partial charge in [-0.05, 0) is 0 Å². The van der Waals surface area contributed by atoms with Gasteiger partial charge in [-0.1, -0.05) is 0 Å². The van der Waals surface area contributed by atoms with Crippen LogP contribution in [0.5, 0.6) is 0 Å². The second-order valence-electron chi connectivity index (χ2n) is 0.924. The fourth-order valence-corrected chi connectivity index (χ4v) is 0.978. The average Bonchev–Trinajstić information content (AvgIpc) is 1.14. The smallest absolute Gasteiger partial charge is 1.00 e.